The minimum atomic E-state index is -4.00. The van der Waals surface area contributed by atoms with E-state index in [0.29, 0.717) is 33.2 Å². The van der Waals surface area contributed by atoms with Gasteiger partial charge in [0.1, 0.15) is 11.5 Å². The third kappa shape index (κ3) is 5.12. The number of sulfonamides is 1. The van der Waals surface area contributed by atoms with Crippen LogP contribution in [0.15, 0.2) is 45.8 Å². The highest BCUT2D eigenvalue weighted by atomic mass is 79.9. The molecule has 0 aliphatic heterocycles. The Labute approximate surface area is 165 Å². The van der Waals surface area contributed by atoms with Crippen molar-refractivity contribution in [1.82, 2.24) is 4.72 Å². The van der Waals surface area contributed by atoms with E-state index in [1.54, 1.807) is 18.2 Å². The highest BCUT2D eigenvalue weighted by Crippen LogP contribution is 2.28. The van der Waals surface area contributed by atoms with Gasteiger partial charge in [-0.3, -0.25) is 4.79 Å². The van der Waals surface area contributed by atoms with Crippen molar-refractivity contribution in [2.75, 3.05) is 13.7 Å². The summed E-state index contributed by atoms with van der Waals surface area (Å²) in [7, 11) is -2.54. The van der Waals surface area contributed by atoms with Crippen molar-refractivity contribution in [2.45, 2.75) is 18.2 Å². The quantitative estimate of drug-likeness (QED) is 0.680. The standard InChI is InChI=1S/C17H17BrClNO5S/c1-3-25-15-7-5-12(10-13(15)18)26(22,23)20-17(21)9-11-4-6-14(19)16(8-11)24-2/h4-8,10H,3,9H2,1-2H3,(H,20,21). The molecule has 0 bridgehead atoms. The van der Waals surface area contributed by atoms with Gasteiger partial charge in [0.15, 0.2) is 0 Å². The van der Waals surface area contributed by atoms with E-state index < -0.39 is 15.9 Å². The molecule has 0 heterocycles. The first kappa shape index (κ1) is 20.5. The maximum atomic E-state index is 12.4. The molecule has 140 valence electrons. The van der Waals surface area contributed by atoms with Crippen molar-refractivity contribution in [1.29, 1.82) is 0 Å². The first-order valence-electron chi connectivity index (χ1n) is 7.57. The van der Waals surface area contributed by atoms with E-state index in [4.69, 9.17) is 21.1 Å². The number of amides is 1. The summed E-state index contributed by atoms with van der Waals surface area (Å²) in [4.78, 5) is 12.1. The number of hydrogen-bond acceptors (Lipinski definition) is 5. The lowest BCUT2D eigenvalue weighted by Gasteiger charge is -2.10. The summed E-state index contributed by atoms with van der Waals surface area (Å²) in [5.74, 6) is 0.265. The minimum absolute atomic E-state index is 0.0464. The van der Waals surface area contributed by atoms with Gasteiger partial charge in [-0.2, -0.15) is 0 Å². The summed E-state index contributed by atoms with van der Waals surface area (Å²) < 4.78 is 37.7. The lowest BCUT2D eigenvalue weighted by Crippen LogP contribution is -2.31. The molecule has 0 saturated heterocycles. The summed E-state index contributed by atoms with van der Waals surface area (Å²) >= 11 is 9.19. The number of halogens is 2. The Hall–Kier alpha value is -1.77. The van der Waals surface area contributed by atoms with Gasteiger partial charge in [0.2, 0.25) is 5.91 Å². The number of nitrogens with one attached hydrogen (secondary N) is 1. The number of ether oxygens (including phenoxy) is 2. The van der Waals surface area contributed by atoms with E-state index in [1.807, 2.05) is 11.6 Å². The fourth-order valence-electron chi connectivity index (χ4n) is 2.17. The molecule has 0 unspecified atom stereocenters. The van der Waals surface area contributed by atoms with Crippen molar-refractivity contribution in [3.05, 3.63) is 51.5 Å². The van der Waals surface area contributed by atoms with Crippen molar-refractivity contribution in [3.8, 4) is 11.5 Å². The zero-order valence-corrected chi connectivity index (χ0v) is 17.2. The normalized spacial score (nSPS) is 11.1. The summed E-state index contributed by atoms with van der Waals surface area (Å²) in [5.41, 5.74) is 0.576. The highest BCUT2D eigenvalue weighted by molar-refractivity contribution is 9.10. The molecule has 0 saturated carbocycles. The first-order chi connectivity index (χ1) is 12.3. The fraction of sp³-hybridized carbons (Fsp3) is 0.235. The molecule has 1 N–H and O–H groups in total. The monoisotopic (exact) mass is 461 g/mol. The van der Waals surface area contributed by atoms with Crippen LogP contribution in [0.2, 0.25) is 5.02 Å². The Morgan fingerprint density at radius 1 is 1.19 bits per heavy atom. The average molecular weight is 463 g/mol. The van der Waals surface area contributed by atoms with Gasteiger partial charge in [-0.25, -0.2) is 13.1 Å². The van der Waals surface area contributed by atoms with Gasteiger partial charge in [0, 0.05) is 0 Å². The number of carbonyl (C=O) groups excluding carboxylic acids is 1. The van der Waals surface area contributed by atoms with Crippen LogP contribution in [0.5, 0.6) is 11.5 Å². The number of rotatable bonds is 7. The SMILES string of the molecule is CCOc1ccc(S(=O)(=O)NC(=O)Cc2ccc(Cl)c(OC)c2)cc1Br. The topological polar surface area (TPSA) is 81.7 Å². The summed E-state index contributed by atoms with van der Waals surface area (Å²) in [6, 6.07) is 9.08. The lowest BCUT2D eigenvalue weighted by atomic mass is 10.1. The van der Waals surface area contributed by atoms with Crippen LogP contribution in [0.4, 0.5) is 0 Å². The van der Waals surface area contributed by atoms with Crippen LogP contribution < -0.4 is 14.2 Å². The van der Waals surface area contributed by atoms with Crippen LogP contribution in [0.1, 0.15) is 12.5 Å². The van der Waals surface area contributed by atoms with E-state index in [9.17, 15) is 13.2 Å². The molecule has 1 amide bonds. The predicted molar refractivity (Wildman–Crippen MR) is 102 cm³/mol. The second kappa shape index (κ2) is 8.75. The third-order valence-corrected chi connectivity index (χ3v) is 5.64. The van der Waals surface area contributed by atoms with Crippen LogP contribution >= 0.6 is 27.5 Å². The first-order valence-corrected chi connectivity index (χ1v) is 10.2. The number of methoxy groups -OCH3 is 1. The number of hydrogen-bond donors (Lipinski definition) is 1. The fourth-order valence-corrected chi connectivity index (χ4v) is 4.02. The molecular formula is C17H17BrClNO5S. The van der Waals surface area contributed by atoms with Crippen LogP contribution in [-0.2, 0) is 21.2 Å². The highest BCUT2D eigenvalue weighted by Gasteiger charge is 2.19. The molecule has 0 spiro atoms. The van der Waals surface area contributed by atoms with Gasteiger partial charge < -0.3 is 9.47 Å². The zero-order valence-electron chi connectivity index (χ0n) is 14.1. The molecule has 2 aromatic carbocycles. The van der Waals surface area contributed by atoms with Crippen LogP contribution in [0, 0.1) is 0 Å². The molecule has 0 aliphatic rings. The molecule has 0 aromatic heterocycles. The molecule has 2 rings (SSSR count). The third-order valence-electron chi connectivity index (χ3n) is 3.34. The average Bonchev–Trinajstić information content (AvgIpc) is 2.58. The molecule has 0 fully saturated rings. The number of benzene rings is 2. The van der Waals surface area contributed by atoms with Gasteiger partial charge in [-0.15, -0.1) is 0 Å². The molecule has 0 atom stereocenters. The van der Waals surface area contributed by atoms with Gasteiger partial charge in [-0.05, 0) is 58.7 Å². The van der Waals surface area contributed by atoms with Crippen LogP contribution in [0.3, 0.4) is 0 Å². The van der Waals surface area contributed by atoms with E-state index in [0.717, 1.165) is 0 Å². The maximum absolute atomic E-state index is 12.4. The largest absolute Gasteiger partial charge is 0.495 e. The van der Waals surface area contributed by atoms with E-state index in [-0.39, 0.29) is 11.3 Å². The van der Waals surface area contributed by atoms with E-state index >= 15 is 0 Å². The number of carbonyl (C=O) groups is 1. The molecule has 0 aliphatic carbocycles. The van der Waals surface area contributed by atoms with Crippen LogP contribution in [0.25, 0.3) is 0 Å². The van der Waals surface area contributed by atoms with Crippen molar-refractivity contribution in [2.24, 2.45) is 0 Å². The van der Waals surface area contributed by atoms with Gasteiger partial charge in [-0.1, -0.05) is 17.7 Å². The molecule has 9 heteroatoms. The Kier molecular flexibility index (Phi) is 6.91. The van der Waals surface area contributed by atoms with Gasteiger partial charge in [0.25, 0.3) is 10.0 Å². The summed E-state index contributed by atoms with van der Waals surface area (Å²) in [5, 5.41) is 0.406. The summed E-state index contributed by atoms with van der Waals surface area (Å²) in [6.07, 6.45) is -0.134. The zero-order chi connectivity index (χ0) is 19.3. The van der Waals surface area contributed by atoms with E-state index in [2.05, 4.69) is 15.9 Å². The Balaban J connectivity index is 2.13. The van der Waals surface area contributed by atoms with Crippen molar-refractivity contribution < 1.29 is 22.7 Å². The molecule has 6 nitrogen and oxygen atoms in total. The molecular weight excluding hydrogens is 446 g/mol. The second-order valence-electron chi connectivity index (χ2n) is 5.20. The summed E-state index contributed by atoms with van der Waals surface area (Å²) in [6.45, 7) is 2.27. The minimum Gasteiger partial charge on any atom is -0.495 e. The van der Waals surface area contributed by atoms with E-state index in [1.165, 1.54) is 25.3 Å². The second-order valence-corrected chi connectivity index (χ2v) is 8.14. The van der Waals surface area contributed by atoms with Gasteiger partial charge >= 0.3 is 0 Å². The molecule has 26 heavy (non-hydrogen) atoms. The van der Waals surface area contributed by atoms with Gasteiger partial charge in [0.05, 0.1) is 34.5 Å². The molecule has 0 radical (unpaired) electrons. The smallest absolute Gasteiger partial charge is 0.264 e. The molecule has 2 aromatic rings. The Bertz CT molecular complexity index is 917. The Morgan fingerprint density at radius 3 is 2.54 bits per heavy atom. The van der Waals surface area contributed by atoms with Crippen molar-refractivity contribution in [3.63, 3.8) is 0 Å². The Morgan fingerprint density at radius 2 is 1.92 bits per heavy atom. The van der Waals surface area contributed by atoms with Crippen LogP contribution in [-0.4, -0.2) is 28.0 Å². The maximum Gasteiger partial charge on any atom is 0.264 e. The van der Waals surface area contributed by atoms with Crippen molar-refractivity contribution >= 4 is 43.5 Å². The predicted octanol–water partition coefficient (Wildman–Crippen LogP) is 3.56. The lowest BCUT2D eigenvalue weighted by molar-refractivity contribution is -0.118.